The molecule has 0 aliphatic rings. The maximum atomic E-state index is 12.3. The zero-order chi connectivity index (χ0) is 18.4. The smallest absolute Gasteiger partial charge is 0.271 e. The second-order valence-electron chi connectivity index (χ2n) is 5.84. The third-order valence-corrected chi connectivity index (χ3v) is 4.08. The summed E-state index contributed by atoms with van der Waals surface area (Å²) in [4.78, 5) is 12.3. The van der Waals surface area contributed by atoms with Crippen LogP contribution >= 0.6 is 0 Å². The lowest BCUT2D eigenvalue weighted by atomic mass is 10.0. The van der Waals surface area contributed by atoms with Crippen molar-refractivity contribution in [3.05, 3.63) is 90.0 Å². The van der Waals surface area contributed by atoms with Gasteiger partial charge < -0.3 is 5.11 Å². The minimum atomic E-state index is -0.255. The molecule has 0 fully saturated rings. The summed E-state index contributed by atoms with van der Waals surface area (Å²) >= 11 is 0. The molecule has 0 unspecified atom stereocenters. The van der Waals surface area contributed by atoms with Crippen molar-refractivity contribution in [3.63, 3.8) is 0 Å². The quantitative estimate of drug-likeness (QED) is 0.525. The van der Waals surface area contributed by atoms with E-state index < -0.39 is 0 Å². The van der Waals surface area contributed by atoms with Gasteiger partial charge in [0.15, 0.2) is 0 Å². The number of nitrogens with one attached hydrogen (secondary N) is 1. The van der Waals surface area contributed by atoms with Gasteiger partial charge in [-0.1, -0.05) is 49.4 Å². The average Bonchev–Trinajstić information content (AvgIpc) is 2.70. The lowest BCUT2D eigenvalue weighted by molar-refractivity contribution is 0.0955. The Hall–Kier alpha value is -3.40. The van der Waals surface area contributed by atoms with E-state index in [1.807, 2.05) is 49.4 Å². The van der Waals surface area contributed by atoms with Gasteiger partial charge in [0.05, 0.1) is 5.71 Å². The topological polar surface area (TPSA) is 61.7 Å². The first kappa shape index (κ1) is 17.4. The van der Waals surface area contributed by atoms with Crippen molar-refractivity contribution in [1.82, 2.24) is 5.43 Å². The second kappa shape index (κ2) is 8.12. The van der Waals surface area contributed by atoms with Crippen molar-refractivity contribution >= 4 is 11.6 Å². The van der Waals surface area contributed by atoms with Crippen LogP contribution in [0.4, 0.5) is 0 Å². The standard InChI is InChI=1S/C22H20N2O2/c1-2-21(18-12-14-20(25)15-13-18)23-24-22(26)19-10-8-17(9-11-19)16-6-4-3-5-7-16/h3-15,25H,2H2,1H3,(H,24,26)/b23-21-. The minimum Gasteiger partial charge on any atom is -0.508 e. The van der Waals surface area contributed by atoms with Gasteiger partial charge in [0, 0.05) is 5.56 Å². The highest BCUT2D eigenvalue weighted by Crippen LogP contribution is 2.19. The van der Waals surface area contributed by atoms with Crippen molar-refractivity contribution < 1.29 is 9.90 Å². The van der Waals surface area contributed by atoms with E-state index in [2.05, 4.69) is 10.5 Å². The predicted octanol–water partition coefficient (Wildman–Crippen LogP) is 4.60. The van der Waals surface area contributed by atoms with Crippen molar-refractivity contribution in [2.24, 2.45) is 5.10 Å². The number of phenols is 1. The molecule has 0 heterocycles. The van der Waals surface area contributed by atoms with Gasteiger partial charge in [0.2, 0.25) is 0 Å². The Morgan fingerprint density at radius 2 is 1.42 bits per heavy atom. The van der Waals surface area contributed by atoms with Gasteiger partial charge >= 0.3 is 0 Å². The van der Waals surface area contributed by atoms with Gasteiger partial charge in [-0.2, -0.15) is 5.10 Å². The SMILES string of the molecule is CC/C(=N/NC(=O)c1ccc(-c2ccccc2)cc1)c1ccc(O)cc1. The fraction of sp³-hybridized carbons (Fsp3) is 0.0909. The van der Waals surface area contributed by atoms with Crippen molar-refractivity contribution in [2.45, 2.75) is 13.3 Å². The Balaban J connectivity index is 1.72. The molecule has 4 heteroatoms. The molecule has 130 valence electrons. The predicted molar refractivity (Wildman–Crippen MR) is 104 cm³/mol. The largest absolute Gasteiger partial charge is 0.508 e. The monoisotopic (exact) mass is 344 g/mol. The zero-order valence-corrected chi connectivity index (χ0v) is 14.5. The van der Waals surface area contributed by atoms with E-state index in [1.54, 1.807) is 36.4 Å². The number of amides is 1. The maximum absolute atomic E-state index is 12.3. The number of hydrogen-bond donors (Lipinski definition) is 2. The van der Waals surface area contributed by atoms with E-state index in [0.717, 1.165) is 22.4 Å². The summed E-state index contributed by atoms with van der Waals surface area (Å²) < 4.78 is 0. The van der Waals surface area contributed by atoms with E-state index in [4.69, 9.17) is 0 Å². The molecule has 0 saturated heterocycles. The highest BCUT2D eigenvalue weighted by molar-refractivity contribution is 6.02. The fourth-order valence-electron chi connectivity index (χ4n) is 2.63. The van der Waals surface area contributed by atoms with Crippen LogP contribution in [0.3, 0.4) is 0 Å². The first-order chi connectivity index (χ1) is 12.7. The Morgan fingerprint density at radius 3 is 2.04 bits per heavy atom. The van der Waals surface area contributed by atoms with E-state index in [9.17, 15) is 9.90 Å². The average molecular weight is 344 g/mol. The Bertz CT molecular complexity index is 899. The van der Waals surface area contributed by atoms with E-state index in [1.165, 1.54) is 0 Å². The molecule has 3 aromatic rings. The van der Waals surface area contributed by atoms with Crippen LogP contribution < -0.4 is 5.43 Å². The van der Waals surface area contributed by atoms with Gasteiger partial charge in [0.1, 0.15) is 5.75 Å². The normalized spacial score (nSPS) is 11.2. The van der Waals surface area contributed by atoms with Gasteiger partial charge in [0.25, 0.3) is 5.91 Å². The summed E-state index contributed by atoms with van der Waals surface area (Å²) in [5, 5.41) is 13.6. The number of nitrogens with zero attached hydrogens (tertiary/aromatic N) is 1. The summed E-state index contributed by atoms with van der Waals surface area (Å²) in [5.41, 5.74) is 6.94. The Labute approximate surface area is 152 Å². The summed E-state index contributed by atoms with van der Waals surface area (Å²) in [6, 6.07) is 24.2. The number of carbonyl (C=O) groups excluding carboxylic acids is 1. The molecule has 0 aliphatic carbocycles. The molecule has 0 aliphatic heterocycles. The first-order valence-electron chi connectivity index (χ1n) is 8.49. The third-order valence-electron chi connectivity index (χ3n) is 4.08. The zero-order valence-electron chi connectivity index (χ0n) is 14.5. The summed E-state index contributed by atoms with van der Waals surface area (Å²) in [6.45, 7) is 1.96. The molecular formula is C22H20N2O2. The summed E-state index contributed by atoms with van der Waals surface area (Å²) in [5.74, 6) is -0.0546. The second-order valence-corrected chi connectivity index (χ2v) is 5.84. The molecule has 4 nitrogen and oxygen atoms in total. The maximum Gasteiger partial charge on any atom is 0.271 e. The molecule has 0 bridgehead atoms. The van der Waals surface area contributed by atoms with Gasteiger partial charge in [-0.15, -0.1) is 0 Å². The van der Waals surface area contributed by atoms with Gasteiger partial charge in [-0.3, -0.25) is 4.79 Å². The van der Waals surface area contributed by atoms with Gasteiger partial charge in [-0.05, 0) is 59.5 Å². The number of rotatable bonds is 5. The molecule has 0 spiro atoms. The van der Waals surface area contributed by atoms with E-state index >= 15 is 0 Å². The Kier molecular flexibility index (Phi) is 5.44. The van der Waals surface area contributed by atoms with Crippen molar-refractivity contribution in [3.8, 4) is 16.9 Å². The number of benzene rings is 3. The van der Waals surface area contributed by atoms with Crippen LogP contribution in [0.25, 0.3) is 11.1 Å². The number of phenolic OH excluding ortho intramolecular Hbond substituents is 1. The molecule has 0 atom stereocenters. The lowest BCUT2D eigenvalue weighted by Gasteiger charge is -2.06. The Morgan fingerprint density at radius 1 is 0.846 bits per heavy atom. The number of aromatic hydroxyl groups is 1. The van der Waals surface area contributed by atoms with E-state index in [0.29, 0.717) is 12.0 Å². The van der Waals surface area contributed by atoms with E-state index in [-0.39, 0.29) is 11.7 Å². The third kappa shape index (κ3) is 4.16. The fourth-order valence-corrected chi connectivity index (χ4v) is 2.63. The molecule has 0 aromatic heterocycles. The van der Waals surface area contributed by atoms with Crippen LogP contribution in [-0.4, -0.2) is 16.7 Å². The van der Waals surface area contributed by atoms with Crippen LogP contribution in [0.15, 0.2) is 84.0 Å². The van der Waals surface area contributed by atoms with Crippen LogP contribution in [0, 0.1) is 0 Å². The highest BCUT2D eigenvalue weighted by atomic mass is 16.3. The number of hydrogen-bond acceptors (Lipinski definition) is 3. The molecule has 1 amide bonds. The molecule has 0 saturated carbocycles. The van der Waals surface area contributed by atoms with Crippen LogP contribution in [-0.2, 0) is 0 Å². The van der Waals surface area contributed by atoms with Crippen LogP contribution in [0.5, 0.6) is 5.75 Å². The number of carbonyl (C=O) groups is 1. The number of hydrazone groups is 1. The van der Waals surface area contributed by atoms with Crippen molar-refractivity contribution in [1.29, 1.82) is 0 Å². The highest BCUT2D eigenvalue weighted by Gasteiger charge is 2.07. The molecule has 2 N–H and O–H groups in total. The van der Waals surface area contributed by atoms with Crippen molar-refractivity contribution in [2.75, 3.05) is 0 Å². The van der Waals surface area contributed by atoms with Crippen LogP contribution in [0.2, 0.25) is 0 Å². The molecule has 0 radical (unpaired) electrons. The van der Waals surface area contributed by atoms with Gasteiger partial charge in [-0.25, -0.2) is 5.43 Å². The molecule has 3 rings (SSSR count). The summed E-state index contributed by atoms with van der Waals surface area (Å²) in [7, 11) is 0. The first-order valence-corrected chi connectivity index (χ1v) is 8.49. The molecule has 3 aromatic carbocycles. The summed E-state index contributed by atoms with van der Waals surface area (Å²) in [6.07, 6.45) is 0.665. The minimum absolute atomic E-state index is 0.201. The molecular weight excluding hydrogens is 324 g/mol. The molecule has 26 heavy (non-hydrogen) atoms. The lowest BCUT2D eigenvalue weighted by Crippen LogP contribution is -2.19. The van der Waals surface area contributed by atoms with Crippen LogP contribution in [0.1, 0.15) is 29.3 Å².